The largest absolute Gasteiger partial charge is 0.383 e. The van der Waals surface area contributed by atoms with Crippen LogP contribution in [-0.2, 0) is 4.79 Å². The second-order valence-electron chi connectivity index (χ2n) is 5.38. The van der Waals surface area contributed by atoms with Crippen LogP contribution >= 0.6 is 0 Å². The lowest BCUT2D eigenvalue weighted by Gasteiger charge is -2.26. The number of carbonyl (C=O) groups is 1. The summed E-state index contributed by atoms with van der Waals surface area (Å²) < 4.78 is 0. The van der Waals surface area contributed by atoms with Gasteiger partial charge < -0.3 is 15.7 Å². The van der Waals surface area contributed by atoms with Crippen LogP contribution in [0.2, 0.25) is 0 Å². The van der Waals surface area contributed by atoms with E-state index >= 15 is 0 Å². The van der Waals surface area contributed by atoms with Crippen LogP contribution in [0.25, 0.3) is 0 Å². The van der Waals surface area contributed by atoms with Gasteiger partial charge in [0.15, 0.2) is 0 Å². The highest BCUT2D eigenvalue weighted by Crippen LogP contribution is 2.26. The molecule has 1 saturated heterocycles. The summed E-state index contributed by atoms with van der Waals surface area (Å²) in [6, 6.07) is 0.400. The summed E-state index contributed by atoms with van der Waals surface area (Å²) in [5, 5.41) is 16.2. The number of aliphatic hydroxyl groups is 1. The van der Waals surface area contributed by atoms with Crippen molar-refractivity contribution >= 4 is 5.91 Å². The fourth-order valence-corrected chi connectivity index (χ4v) is 2.92. The van der Waals surface area contributed by atoms with Crippen LogP contribution in [-0.4, -0.2) is 36.2 Å². The molecule has 0 unspecified atom stereocenters. The highest BCUT2D eigenvalue weighted by atomic mass is 16.3. The van der Waals surface area contributed by atoms with E-state index in [0.29, 0.717) is 12.6 Å². The molecule has 2 rings (SSSR count). The molecule has 0 spiro atoms. The maximum atomic E-state index is 11.8. The van der Waals surface area contributed by atoms with Crippen molar-refractivity contribution < 1.29 is 9.90 Å². The van der Waals surface area contributed by atoms with Gasteiger partial charge in [-0.25, -0.2) is 0 Å². The maximum absolute atomic E-state index is 11.8. The molecule has 98 valence electrons. The first kappa shape index (κ1) is 12.8. The Bertz CT molecular complexity index is 246. The van der Waals surface area contributed by atoms with E-state index < -0.39 is 6.10 Å². The molecule has 1 aliphatic carbocycles. The molecular formula is C13H24N2O2. The molecule has 4 nitrogen and oxygen atoms in total. The van der Waals surface area contributed by atoms with Crippen LogP contribution in [0.3, 0.4) is 0 Å². The molecule has 3 N–H and O–H groups in total. The average Bonchev–Trinajstić information content (AvgIpc) is 2.89. The van der Waals surface area contributed by atoms with Crippen molar-refractivity contribution in [3.05, 3.63) is 0 Å². The highest BCUT2D eigenvalue weighted by molar-refractivity contribution is 5.80. The first-order valence-corrected chi connectivity index (χ1v) is 6.96. The number of nitrogens with one attached hydrogen (secondary N) is 2. The van der Waals surface area contributed by atoms with E-state index in [1.165, 1.54) is 12.8 Å². The van der Waals surface area contributed by atoms with E-state index in [0.717, 1.165) is 38.6 Å². The minimum atomic E-state index is -0.795. The Kier molecular flexibility index (Phi) is 4.80. The van der Waals surface area contributed by atoms with Gasteiger partial charge in [-0.1, -0.05) is 19.3 Å². The molecule has 1 saturated carbocycles. The molecule has 2 fully saturated rings. The van der Waals surface area contributed by atoms with E-state index in [1.807, 2.05) is 0 Å². The van der Waals surface area contributed by atoms with E-state index in [1.54, 1.807) is 0 Å². The van der Waals surface area contributed by atoms with Crippen molar-refractivity contribution in [1.82, 2.24) is 10.6 Å². The van der Waals surface area contributed by atoms with Crippen LogP contribution in [0.5, 0.6) is 0 Å². The topological polar surface area (TPSA) is 61.4 Å². The average molecular weight is 240 g/mol. The normalized spacial score (nSPS) is 27.9. The second-order valence-corrected chi connectivity index (χ2v) is 5.38. The second kappa shape index (κ2) is 6.36. The zero-order valence-electron chi connectivity index (χ0n) is 10.5. The summed E-state index contributed by atoms with van der Waals surface area (Å²) in [4.78, 5) is 11.8. The Morgan fingerprint density at radius 3 is 2.65 bits per heavy atom. The number of aliphatic hydroxyl groups excluding tert-OH is 1. The van der Waals surface area contributed by atoms with Crippen molar-refractivity contribution in [3.8, 4) is 0 Å². The van der Waals surface area contributed by atoms with E-state index in [-0.39, 0.29) is 11.8 Å². The Labute approximate surface area is 103 Å². The van der Waals surface area contributed by atoms with E-state index in [2.05, 4.69) is 10.6 Å². The molecule has 1 aliphatic heterocycles. The quantitative estimate of drug-likeness (QED) is 0.681. The van der Waals surface area contributed by atoms with Crippen molar-refractivity contribution in [3.63, 3.8) is 0 Å². The Morgan fingerprint density at radius 1 is 1.24 bits per heavy atom. The molecular weight excluding hydrogens is 216 g/mol. The van der Waals surface area contributed by atoms with Gasteiger partial charge in [0.2, 0.25) is 5.91 Å². The highest BCUT2D eigenvalue weighted by Gasteiger charge is 2.27. The summed E-state index contributed by atoms with van der Waals surface area (Å²) in [5.74, 6) is 0.00545. The van der Waals surface area contributed by atoms with Crippen molar-refractivity contribution in [2.75, 3.05) is 13.1 Å². The first-order chi connectivity index (χ1) is 8.27. The summed E-state index contributed by atoms with van der Waals surface area (Å²) >= 11 is 0. The van der Waals surface area contributed by atoms with Gasteiger partial charge in [0.05, 0.1) is 0 Å². The molecule has 2 atom stereocenters. The lowest BCUT2D eigenvalue weighted by molar-refractivity contribution is -0.132. The van der Waals surface area contributed by atoms with Gasteiger partial charge >= 0.3 is 0 Å². The number of hydrogen-bond acceptors (Lipinski definition) is 3. The molecule has 0 bridgehead atoms. The molecule has 0 aromatic carbocycles. The van der Waals surface area contributed by atoms with E-state index in [4.69, 9.17) is 0 Å². The zero-order valence-corrected chi connectivity index (χ0v) is 10.5. The number of hydrogen-bond donors (Lipinski definition) is 3. The fraction of sp³-hybridized carbons (Fsp3) is 0.923. The maximum Gasteiger partial charge on any atom is 0.249 e. The van der Waals surface area contributed by atoms with Gasteiger partial charge in [0, 0.05) is 12.6 Å². The minimum Gasteiger partial charge on any atom is -0.383 e. The SMILES string of the molecule is O=C(NC[C@@H]1CCCN1)[C@H](O)C1CCCCC1. The molecule has 17 heavy (non-hydrogen) atoms. The van der Waals surface area contributed by atoms with Crippen molar-refractivity contribution in [2.45, 2.75) is 57.1 Å². The lowest BCUT2D eigenvalue weighted by Crippen LogP contribution is -2.44. The van der Waals surface area contributed by atoms with Gasteiger partial charge in [-0.05, 0) is 38.1 Å². The standard InChI is InChI=1S/C13H24N2O2/c16-12(10-5-2-1-3-6-10)13(17)15-9-11-7-4-8-14-11/h10-12,14,16H,1-9H2,(H,15,17)/t11-,12+/m0/s1. The molecule has 1 heterocycles. The van der Waals surface area contributed by atoms with Crippen LogP contribution in [0.4, 0.5) is 0 Å². The first-order valence-electron chi connectivity index (χ1n) is 6.96. The number of rotatable bonds is 4. The summed E-state index contributed by atoms with van der Waals surface area (Å²) in [6.45, 7) is 1.70. The minimum absolute atomic E-state index is 0.175. The fourth-order valence-electron chi connectivity index (χ4n) is 2.92. The lowest BCUT2D eigenvalue weighted by atomic mass is 9.85. The molecule has 4 heteroatoms. The monoisotopic (exact) mass is 240 g/mol. The Balaban J connectivity index is 1.70. The summed E-state index contributed by atoms with van der Waals surface area (Å²) in [6.07, 6.45) is 7.06. The van der Waals surface area contributed by atoms with Crippen LogP contribution < -0.4 is 10.6 Å². The Morgan fingerprint density at radius 2 is 2.00 bits per heavy atom. The molecule has 0 aromatic rings. The third kappa shape index (κ3) is 3.68. The predicted octanol–water partition coefficient (Wildman–Crippen LogP) is 0.796. The van der Waals surface area contributed by atoms with Gasteiger partial charge in [-0.15, -0.1) is 0 Å². The number of amides is 1. The zero-order chi connectivity index (χ0) is 12.1. The van der Waals surface area contributed by atoms with E-state index in [9.17, 15) is 9.90 Å². The van der Waals surface area contributed by atoms with Crippen LogP contribution in [0, 0.1) is 5.92 Å². The summed E-state index contributed by atoms with van der Waals surface area (Å²) in [7, 11) is 0. The van der Waals surface area contributed by atoms with Crippen LogP contribution in [0.15, 0.2) is 0 Å². The molecule has 2 aliphatic rings. The predicted molar refractivity (Wildman–Crippen MR) is 66.6 cm³/mol. The van der Waals surface area contributed by atoms with Crippen molar-refractivity contribution in [1.29, 1.82) is 0 Å². The molecule has 0 aromatic heterocycles. The third-order valence-corrected chi connectivity index (χ3v) is 4.05. The molecule has 1 amide bonds. The van der Waals surface area contributed by atoms with Gasteiger partial charge in [-0.3, -0.25) is 4.79 Å². The van der Waals surface area contributed by atoms with Crippen molar-refractivity contribution in [2.24, 2.45) is 5.92 Å². The summed E-state index contributed by atoms with van der Waals surface area (Å²) in [5.41, 5.74) is 0. The van der Waals surface area contributed by atoms with Gasteiger partial charge in [0.25, 0.3) is 0 Å². The smallest absolute Gasteiger partial charge is 0.249 e. The Hall–Kier alpha value is -0.610. The number of carbonyl (C=O) groups excluding carboxylic acids is 1. The third-order valence-electron chi connectivity index (χ3n) is 4.05. The van der Waals surface area contributed by atoms with Gasteiger partial charge in [0.1, 0.15) is 6.10 Å². The molecule has 0 radical (unpaired) electrons. The van der Waals surface area contributed by atoms with Gasteiger partial charge in [-0.2, -0.15) is 0 Å². The van der Waals surface area contributed by atoms with Crippen LogP contribution in [0.1, 0.15) is 44.9 Å².